The summed E-state index contributed by atoms with van der Waals surface area (Å²) in [6.45, 7) is 1.47. The second-order valence-corrected chi connectivity index (χ2v) is 9.64. The van der Waals surface area contributed by atoms with Crippen LogP contribution in [0.1, 0.15) is 33.9 Å². The minimum absolute atomic E-state index is 0.399. The molecule has 0 amide bonds. The Morgan fingerprint density at radius 2 is 1.00 bits per heavy atom. The first kappa shape index (κ1) is 25.3. The number of hydrogen-bond donors (Lipinski definition) is 0. The van der Waals surface area contributed by atoms with Crippen LogP contribution >= 0.6 is 0 Å². The third-order valence-electron chi connectivity index (χ3n) is 6.71. The lowest BCUT2D eigenvalue weighted by Crippen LogP contribution is -2.17. The van der Waals surface area contributed by atoms with E-state index in [0.29, 0.717) is 19.8 Å². The van der Waals surface area contributed by atoms with Crippen LogP contribution < -0.4 is 14.2 Å². The Morgan fingerprint density at radius 1 is 0.500 bits per heavy atom. The number of hydrogen-bond acceptors (Lipinski definition) is 4. The molecule has 0 spiro atoms. The Kier molecular flexibility index (Phi) is 7.77. The van der Waals surface area contributed by atoms with Gasteiger partial charge < -0.3 is 18.9 Å². The van der Waals surface area contributed by atoms with Crippen LogP contribution in [-0.4, -0.2) is 0 Å². The van der Waals surface area contributed by atoms with Crippen LogP contribution in [0.4, 0.5) is 0 Å². The van der Waals surface area contributed by atoms with Gasteiger partial charge in [-0.25, -0.2) is 0 Å². The second-order valence-electron chi connectivity index (χ2n) is 9.64. The molecule has 1 aliphatic rings. The van der Waals surface area contributed by atoms with E-state index >= 15 is 0 Å². The molecule has 4 heteroatoms. The van der Waals surface area contributed by atoms with Crippen molar-refractivity contribution in [3.05, 3.63) is 167 Å². The van der Waals surface area contributed by atoms with Gasteiger partial charge in [0, 0.05) is 17.2 Å². The highest BCUT2D eigenvalue weighted by atomic mass is 16.5. The number of benzene rings is 5. The zero-order valence-electron chi connectivity index (χ0n) is 22.1. The van der Waals surface area contributed by atoms with Gasteiger partial charge >= 0.3 is 0 Å². The molecule has 0 aromatic heterocycles. The standard InChI is InChI=1S/C36H30O4/c1-4-10-27(11-5-1)24-37-32-19-16-30(17-20-32)36-35(39-26-29-14-8-3-9-15-29)22-31-18-21-33(23-34(31)40-36)38-25-28-12-6-2-7-13-28/h1-23,36H,24-26H2. The number of fused-ring (bicyclic) bond motifs is 1. The van der Waals surface area contributed by atoms with Crippen LogP contribution in [-0.2, 0) is 24.6 Å². The van der Waals surface area contributed by atoms with Gasteiger partial charge in [0.05, 0.1) is 0 Å². The highest BCUT2D eigenvalue weighted by Gasteiger charge is 2.27. The minimum Gasteiger partial charge on any atom is -0.489 e. The van der Waals surface area contributed by atoms with Gasteiger partial charge in [-0.05, 0) is 47.0 Å². The van der Waals surface area contributed by atoms with E-state index in [2.05, 4.69) is 42.5 Å². The van der Waals surface area contributed by atoms with E-state index in [0.717, 1.165) is 50.8 Å². The normalized spacial score (nSPS) is 13.9. The molecule has 1 heterocycles. The largest absolute Gasteiger partial charge is 0.489 e. The summed E-state index contributed by atoms with van der Waals surface area (Å²) in [5, 5.41) is 0. The molecule has 5 aromatic carbocycles. The summed E-state index contributed by atoms with van der Waals surface area (Å²) in [5.74, 6) is 3.07. The average Bonchev–Trinajstić information content (AvgIpc) is 3.03. The van der Waals surface area contributed by atoms with E-state index in [-0.39, 0.29) is 0 Å². The molecular weight excluding hydrogens is 496 g/mol. The smallest absolute Gasteiger partial charge is 0.180 e. The molecule has 0 saturated carbocycles. The van der Waals surface area contributed by atoms with Crippen molar-refractivity contribution in [3.63, 3.8) is 0 Å². The maximum Gasteiger partial charge on any atom is 0.180 e. The summed E-state index contributed by atoms with van der Waals surface area (Å²) < 4.78 is 25.0. The predicted molar refractivity (Wildman–Crippen MR) is 157 cm³/mol. The lowest BCUT2D eigenvalue weighted by atomic mass is 10.0. The van der Waals surface area contributed by atoms with Gasteiger partial charge in [0.2, 0.25) is 0 Å². The van der Waals surface area contributed by atoms with E-state index < -0.39 is 6.10 Å². The van der Waals surface area contributed by atoms with E-state index in [1.807, 2.05) is 97.1 Å². The summed E-state index contributed by atoms with van der Waals surface area (Å²) in [7, 11) is 0. The molecule has 0 saturated heterocycles. The quantitative estimate of drug-likeness (QED) is 0.183. The monoisotopic (exact) mass is 526 g/mol. The van der Waals surface area contributed by atoms with Crippen LogP contribution in [0, 0.1) is 0 Å². The van der Waals surface area contributed by atoms with Crippen LogP contribution in [0.2, 0.25) is 0 Å². The summed E-state index contributed by atoms with van der Waals surface area (Å²) in [4.78, 5) is 0. The molecule has 6 rings (SSSR count). The van der Waals surface area contributed by atoms with Crippen molar-refractivity contribution >= 4 is 6.08 Å². The lowest BCUT2D eigenvalue weighted by Gasteiger charge is -2.28. The highest BCUT2D eigenvalue weighted by molar-refractivity contribution is 5.64. The molecule has 1 aliphatic heterocycles. The summed E-state index contributed by atoms with van der Waals surface area (Å²) >= 11 is 0. The van der Waals surface area contributed by atoms with Gasteiger partial charge in [-0.2, -0.15) is 0 Å². The first-order valence-electron chi connectivity index (χ1n) is 13.4. The Labute approximate surface area is 235 Å². The molecule has 40 heavy (non-hydrogen) atoms. The van der Waals surface area contributed by atoms with Crippen LogP contribution in [0.3, 0.4) is 0 Å². The van der Waals surface area contributed by atoms with Gasteiger partial charge in [-0.15, -0.1) is 0 Å². The fourth-order valence-electron chi connectivity index (χ4n) is 4.55. The Bertz CT molecular complexity index is 1550. The molecule has 0 N–H and O–H groups in total. The summed E-state index contributed by atoms with van der Waals surface area (Å²) in [6, 6.07) is 44.4. The highest BCUT2D eigenvalue weighted by Crippen LogP contribution is 2.40. The predicted octanol–water partition coefficient (Wildman–Crippen LogP) is 8.54. The third-order valence-corrected chi connectivity index (χ3v) is 6.71. The van der Waals surface area contributed by atoms with Gasteiger partial charge in [0.15, 0.2) is 6.10 Å². The number of ether oxygens (including phenoxy) is 4. The van der Waals surface area contributed by atoms with E-state index in [1.165, 1.54) is 0 Å². The van der Waals surface area contributed by atoms with E-state index in [4.69, 9.17) is 18.9 Å². The van der Waals surface area contributed by atoms with Crippen molar-refractivity contribution in [2.24, 2.45) is 0 Å². The third kappa shape index (κ3) is 6.36. The van der Waals surface area contributed by atoms with Crippen molar-refractivity contribution in [2.45, 2.75) is 25.9 Å². The first-order valence-corrected chi connectivity index (χ1v) is 13.4. The fourth-order valence-corrected chi connectivity index (χ4v) is 4.55. The SMILES string of the molecule is C1=C(OCc2ccccc2)C(c2ccc(OCc3ccccc3)cc2)Oc2cc(OCc3ccccc3)ccc21. The maximum atomic E-state index is 6.57. The van der Waals surface area contributed by atoms with Gasteiger partial charge in [-0.3, -0.25) is 0 Å². The van der Waals surface area contributed by atoms with Crippen LogP contribution in [0.5, 0.6) is 17.2 Å². The Morgan fingerprint density at radius 3 is 1.57 bits per heavy atom. The Hall–Kier alpha value is -4.96. The number of rotatable bonds is 10. The van der Waals surface area contributed by atoms with E-state index in [1.54, 1.807) is 0 Å². The molecule has 4 nitrogen and oxygen atoms in total. The topological polar surface area (TPSA) is 36.9 Å². The van der Waals surface area contributed by atoms with E-state index in [9.17, 15) is 0 Å². The molecule has 198 valence electrons. The zero-order chi connectivity index (χ0) is 27.0. The molecule has 5 aromatic rings. The molecule has 1 atom stereocenters. The minimum atomic E-state index is -0.399. The zero-order valence-corrected chi connectivity index (χ0v) is 22.1. The Balaban J connectivity index is 1.21. The van der Waals surface area contributed by atoms with Crippen molar-refractivity contribution in [2.75, 3.05) is 0 Å². The fraction of sp³-hybridized carbons (Fsp3) is 0.111. The van der Waals surface area contributed by atoms with Crippen LogP contribution in [0.15, 0.2) is 139 Å². The second kappa shape index (κ2) is 12.3. The molecule has 0 fully saturated rings. The molecule has 0 aliphatic carbocycles. The average molecular weight is 527 g/mol. The van der Waals surface area contributed by atoms with Gasteiger partial charge in [-0.1, -0.05) is 103 Å². The van der Waals surface area contributed by atoms with Crippen LogP contribution in [0.25, 0.3) is 6.08 Å². The molecule has 1 unspecified atom stereocenters. The summed E-state index contributed by atoms with van der Waals surface area (Å²) in [5.41, 5.74) is 5.28. The maximum absolute atomic E-state index is 6.57. The summed E-state index contributed by atoms with van der Waals surface area (Å²) in [6.07, 6.45) is 1.66. The van der Waals surface area contributed by atoms with Crippen molar-refractivity contribution < 1.29 is 18.9 Å². The molecule has 0 bridgehead atoms. The molecular formula is C36H30O4. The van der Waals surface area contributed by atoms with Gasteiger partial charge in [0.25, 0.3) is 0 Å². The van der Waals surface area contributed by atoms with Crippen molar-refractivity contribution in [3.8, 4) is 17.2 Å². The lowest BCUT2D eigenvalue weighted by molar-refractivity contribution is 0.107. The van der Waals surface area contributed by atoms with Crippen molar-refractivity contribution in [1.82, 2.24) is 0 Å². The first-order chi connectivity index (χ1) is 19.8. The molecule has 0 radical (unpaired) electrons. The van der Waals surface area contributed by atoms with Gasteiger partial charge in [0.1, 0.15) is 42.8 Å². The van der Waals surface area contributed by atoms with Crippen molar-refractivity contribution in [1.29, 1.82) is 0 Å².